The van der Waals surface area contributed by atoms with E-state index in [1.807, 2.05) is 12.1 Å². The van der Waals surface area contributed by atoms with Gasteiger partial charge in [0.1, 0.15) is 0 Å². The molecule has 0 saturated heterocycles. The number of benzene rings is 1. The molecule has 0 radical (unpaired) electrons. The van der Waals surface area contributed by atoms with Crippen molar-refractivity contribution in [3.8, 4) is 0 Å². The molecule has 0 spiro atoms. The fourth-order valence-corrected chi connectivity index (χ4v) is 2.03. The van der Waals surface area contributed by atoms with Crippen LogP contribution in [0.4, 0.5) is 0 Å². The molecular weight excluding hydrogens is 160 g/mol. The van der Waals surface area contributed by atoms with Gasteiger partial charge in [-0.2, -0.15) is 0 Å². The number of hydrogen-bond acceptors (Lipinski definition) is 2. The Kier molecular flexibility index (Phi) is 2.10. The molecule has 2 rings (SSSR count). The summed E-state index contributed by atoms with van der Waals surface area (Å²) in [6, 6.07) is 8.66. The summed E-state index contributed by atoms with van der Waals surface area (Å²) in [5, 5.41) is 0. The maximum absolute atomic E-state index is 6.10. The average molecular weight is 176 g/mol. The van der Waals surface area contributed by atoms with Crippen LogP contribution in [0.2, 0.25) is 0 Å². The van der Waals surface area contributed by atoms with Crippen LogP contribution in [0.5, 0.6) is 0 Å². The van der Waals surface area contributed by atoms with Gasteiger partial charge >= 0.3 is 0 Å². The van der Waals surface area contributed by atoms with Crippen molar-refractivity contribution in [2.24, 2.45) is 17.4 Å². The largest absolute Gasteiger partial charge is 0.327 e. The first-order valence-electron chi connectivity index (χ1n) is 4.79. The Hall–Kier alpha value is -0.860. The third kappa shape index (κ3) is 1.36. The molecule has 1 aromatic carbocycles. The third-order valence-corrected chi connectivity index (χ3v) is 3.11. The first kappa shape index (κ1) is 8.73. The molecule has 2 nitrogen and oxygen atoms in total. The van der Waals surface area contributed by atoms with Crippen molar-refractivity contribution in [1.29, 1.82) is 0 Å². The highest BCUT2D eigenvalue weighted by Crippen LogP contribution is 2.31. The highest BCUT2D eigenvalue weighted by atomic mass is 14.7. The van der Waals surface area contributed by atoms with Crippen molar-refractivity contribution in [3.05, 3.63) is 35.4 Å². The second-order valence-corrected chi connectivity index (χ2v) is 3.95. The van der Waals surface area contributed by atoms with Gasteiger partial charge in [0.2, 0.25) is 0 Å². The first-order valence-corrected chi connectivity index (χ1v) is 4.79. The molecule has 0 heterocycles. The summed E-state index contributed by atoms with van der Waals surface area (Å²) in [5.74, 6) is 0.384. The summed E-state index contributed by atoms with van der Waals surface area (Å²) in [5.41, 5.74) is 14.7. The molecule has 2 heteroatoms. The van der Waals surface area contributed by atoms with Gasteiger partial charge in [-0.05, 0) is 23.5 Å². The van der Waals surface area contributed by atoms with Crippen molar-refractivity contribution in [3.63, 3.8) is 0 Å². The fourth-order valence-electron chi connectivity index (χ4n) is 2.03. The van der Waals surface area contributed by atoms with Gasteiger partial charge in [-0.1, -0.05) is 31.2 Å². The van der Waals surface area contributed by atoms with Crippen LogP contribution in [0.1, 0.15) is 24.1 Å². The second kappa shape index (κ2) is 3.13. The lowest BCUT2D eigenvalue weighted by atomic mass is 9.78. The van der Waals surface area contributed by atoms with E-state index < -0.39 is 0 Å². The van der Waals surface area contributed by atoms with Crippen LogP contribution in [0, 0.1) is 5.92 Å². The molecule has 1 aromatic rings. The lowest BCUT2D eigenvalue weighted by Gasteiger charge is -2.33. The number of hydrogen-bond donors (Lipinski definition) is 2. The van der Waals surface area contributed by atoms with Crippen LogP contribution in [0.3, 0.4) is 0 Å². The van der Waals surface area contributed by atoms with Gasteiger partial charge in [-0.25, -0.2) is 0 Å². The maximum atomic E-state index is 6.10. The van der Waals surface area contributed by atoms with Crippen molar-refractivity contribution in [2.45, 2.75) is 25.4 Å². The Morgan fingerprint density at radius 2 is 1.92 bits per heavy atom. The molecule has 0 fully saturated rings. The predicted octanol–water partition coefficient (Wildman–Crippen LogP) is 1.21. The van der Waals surface area contributed by atoms with Crippen molar-refractivity contribution in [2.75, 3.05) is 0 Å². The summed E-state index contributed by atoms with van der Waals surface area (Å²) in [6.45, 7) is 2.13. The van der Waals surface area contributed by atoms with Crippen molar-refractivity contribution < 1.29 is 0 Å². The van der Waals surface area contributed by atoms with E-state index in [4.69, 9.17) is 11.5 Å². The summed E-state index contributed by atoms with van der Waals surface area (Å²) < 4.78 is 0. The van der Waals surface area contributed by atoms with Gasteiger partial charge < -0.3 is 11.5 Å². The summed E-state index contributed by atoms with van der Waals surface area (Å²) in [6.07, 6.45) is 0.963. The van der Waals surface area contributed by atoms with E-state index in [9.17, 15) is 0 Å². The minimum Gasteiger partial charge on any atom is -0.327 e. The minimum atomic E-state index is 0.111. The zero-order valence-electron chi connectivity index (χ0n) is 7.90. The zero-order valence-corrected chi connectivity index (χ0v) is 7.90. The van der Waals surface area contributed by atoms with E-state index >= 15 is 0 Å². The molecule has 13 heavy (non-hydrogen) atoms. The number of rotatable bonds is 0. The Bertz CT molecular complexity index is 309. The third-order valence-electron chi connectivity index (χ3n) is 3.11. The molecule has 0 unspecified atom stereocenters. The molecule has 70 valence electrons. The molecule has 3 atom stereocenters. The summed E-state index contributed by atoms with van der Waals surface area (Å²) >= 11 is 0. The molecular formula is C11H16N2. The average Bonchev–Trinajstić information content (AvgIpc) is 2.15. The van der Waals surface area contributed by atoms with Gasteiger partial charge in [0, 0.05) is 12.1 Å². The standard InChI is InChI=1S/C11H16N2/c1-7-10(12)6-8-4-2-3-5-9(8)11(7)13/h2-5,7,10-11H,6,12-13H2,1H3/t7-,10-,11-/m1/s1. The van der Waals surface area contributed by atoms with Gasteiger partial charge in [-0.15, -0.1) is 0 Å². The highest BCUT2D eigenvalue weighted by Gasteiger charge is 2.28. The molecule has 0 amide bonds. The topological polar surface area (TPSA) is 52.0 Å². The van der Waals surface area contributed by atoms with Crippen LogP contribution in [0.25, 0.3) is 0 Å². The monoisotopic (exact) mass is 176 g/mol. The SMILES string of the molecule is C[C@@H]1[C@H](N)Cc2ccccc2[C@@H]1N. The quantitative estimate of drug-likeness (QED) is 0.624. The predicted molar refractivity (Wildman–Crippen MR) is 54.2 cm³/mol. The van der Waals surface area contributed by atoms with Crippen molar-refractivity contribution >= 4 is 0 Å². The van der Waals surface area contributed by atoms with Crippen LogP contribution >= 0.6 is 0 Å². The summed E-state index contributed by atoms with van der Waals surface area (Å²) in [7, 11) is 0. The zero-order chi connectivity index (χ0) is 9.42. The Labute approximate surface area is 78.9 Å². The normalized spacial score (nSPS) is 32.7. The lowest BCUT2D eigenvalue weighted by molar-refractivity contribution is 0.357. The second-order valence-electron chi connectivity index (χ2n) is 3.95. The van der Waals surface area contributed by atoms with Gasteiger partial charge in [-0.3, -0.25) is 0 Å². The Balaban J connectivity index is 2.43. The van der Waals surface area contributed by atoms with Crippen molar-refractivity contribution in [1.82, 2.24) is 0 Å². The van der Waals surface area contributed by atoms with Crippen LogP contribution in [-0.2, 0) is 6.42 Å². The van der Waals surface area contributed by atoms with Crippen LogP contribution in [0.15, 0.2) is 24.3 Å². The fraction of sp³-hybridized carbons (Fsp3) is 0.455. The molecule has 1 aliphatic rings. The van der Waals surface area contributed by atoms with E-state index in [1.54, 1.807) is 0 Å². The molecule has 0 aromatic heterocycles. The highest BCUT2D eigenvalue weighted by molar-refractivity contribution is 5.33. The molecule has 4 N–H and O–H groups in total. The van der Waals surface area contributed by atoms with Gasteiger partial charge in [0.05, 0.1) is 0 Å². The van der Waals surface area contributed by atoms with E-state index in [0.717, 1.165) is 6.42 Å². The van der Waals surface area contributed by atoms with E-state index in [-0.39, 0.29) is 12.1 Å². The molecule has 1 aliphatic carbocycles. The molecule has 0 aliphatic heterocycles. The van der Waals surface area contributed by atoms with Crippen LogP contribution in [-0.4, -0.2) is 6.04 Å². The number of fused-ring (bicyclic) bond motifs is 1. The van der Waals surface area contributed by atoms with E-state index in [2.05, 4.69) is 19.1 Å². The molecule has 0 bridgehead atoms. The maximum Gasteiger partial charge on any atom is 0.0338 e. The Morgan fingerprint density at radius 3 is 2.69 bits per heavy atom. The van der Waals surface area contributed by atoms with Gasteiger partial charge in [0.25, 0.3) is 0 Å². The smallest absolute Gasteiger partial charge is 0.0338 e. The first-order chi connectivity index (χ1) is 6.20. The minimum absolute atomic E-state index is 0.111. The lowest BCUT2D eigenvalue weighted by Crippen LogP contribution is -2.41. The van der Waals surface area contributed by atoms with Crippen LogP contribution < -0.4 is 11.5 Å². The van der Waals surface area contributed by atoms with E-state index in [1.165, 1.54) is 11.1 Å². The molecule has 0 saturated carbocycles. The van der Waals surface area contributed by atoms with E-state index in [0.29, 0.717) is 5.92 Å². The Morgan fingerprint density at radius 1 is 1.23 bits per heavy atom. The van der Waals surface area contributed by atoms with Gasteiger partial charge in [0.15, 0.2) is 0 Å². The summed E-state index contributed by atoms with van der Waals surface area (Å²) in [4.78, 5) is 0. The number of nitrogens with two attached hydrogens (primary N) is 2.